The van der Waals surface area contributed by atoms with Gasteiger partial charge in [-0.05, 0) is 32.9 Å². The Bertz CT molecular complexity index is 116. The molecule has 0 amide bonds. The molecule has 0 saturated carbocycles. The van der Waals surface area contributed by atoms with Crippen LogP contribution in [0.5, 0.6) is 0 Å². The lowest BCUT2D eigenvalue weighted by atomic mass is 10.1. The zero-order valence-corrected chi connectivity index (χ0v) is 7.84. The Kier molecular flexibility index (Phi) is 5.51. The van der Waals surface area contributed by atoms with Gasteiger partial charge in [0.1, 0.15) is 0 Å². The minimum atomic E-state index is 0. The second kappa shape index (κ2) is 5.55. The van der Waals surface area contributed by atoms with E-state index < -0.39 is 0 Å². The Morgan fingerprint density at radius 3 is 2.75 bits per heavy atom. The predicted molar refractivity (Wildman–Crippen MR) is 53.5 cm³/mol. The molecule has 0 bridgehead atoms. The van der Waals surface area contributed by atoms with Crippen LogP contribution in [0.3, 0.4) is 0 Å². The van der Waals surface area contributed by atoms with Gasteiger partial charge in [0.05, 0.1) is 6.10 Å². The van der Waals surface area contributed by atoms with Gasteiger partial charge in [0.15, 0.2) is 0 Å². The molecule has 2 nitrogen and oxygen atoms in total. The molecule has 1 aliphatic rings. The molecule has 0 aromatic carbocycles. The van der Waals surface area contributed by atoms with E-state index in [9.17, 15) is 0 Å². The van der Waals surface area contributed by atoms with Crippen molar-refractivity contribution in [1.82, 2.24) is 4.90 Å². The van der Waals surface area contributed by atoms with Crippen molar-refractivity contribution >= 4 is 0 Å². The van der Waals surface area contributed by atoms with Gasteiger partial charge >= 0.3 is 0 Å². The number of nitrogens with zero attached hydrogens (tertiary/aromatic N) is 1. The first-order valence-electron chi connectivity index (χ1n) is 4.56. The van der Waals surface area contributed by atoms with Crippen molar-refractivity contribution in [2.24, 2.45) is 0 Å². The van der Waals surface area contributed by atoms with Crippen molar-refractivity contribution in [3.8, 4) is 0 Å². The van der Waals surface area contributed by atoms with Crippen LogP contribution in [0, 0.1) is 0 Å². The van der Waals surface area contributed by atoms with Crippen molar-refractivity contribution in [2.45, 2.75) is 46.3 Å². The summed E-state index contributed by atoms with van der Waals surface area (Å²) in [7, 11) is 1.80. The molecule has 2 heteroatoms. The maximum atomic E-state index is 5.32. The topological polar surface area (TPSA) is 12.5 Å². The van der Waals surface area contributed by atoms with E-state index in [1.54, 1.807) is 7.11 Å². The van der Waals surface area contributed by atoms with Gasteiger partial charge in [-0.25, -0.2) is 0 Å². The highest BCUT2D eigenvalue weighted by Crippen LogP contribution is 2.20. The van der Waals surface area contributed by atoms with Gasteiger partial charge in [-0.3, -0.25) is 4.90 Å². The first-order chi connectivity index (χ1) is 5.29. The number of likely N-dealkylation sites (N-methyl/N-ethyl adjacent to an activating group) is 1. The monoisotopic (exact) mass is 173 g/mol. The zero-order valence-electron chi connectivity index (χ0n) is 7.84. The molecule has 1 saturated heterocycles. The molecule has 0 spiro atoms. The molecule has 0 aromatic rings. The Hall–Kier alpha value is -0.0800. The van der Waals surface area contributed by atoms with E-state index in [1.165, 1.54) is 25.9 Å². The number of hydrogen-bond acceptors (Lipinski definition) is 2. The van der Waals surface area contributed by atoms with Crippen LogP contribution in [0.25, 0.3) is 0 Å². The minimum absolute atomic E-state index is 0. The van der Waals surface area contributed by atoms with Crippen LogP contribution in [0.2, 0.25) is 0 Å². The lowest BCUT2D eigenvalue weighted by Gasteiger charge is -2.27. The maximum absolute atomic E-state index is 5.32. The summed E-state index contributed by atoms with van der Waals surface area (Å²) in [4.78, 5) is 2.51. The summed E-state index contributed by atoms with van der Waals surface area (Å²) in [5, 5.41) is 0. The van der Waals surface area contributed by atoms with Crippen molar-refractivity contribution in [1.29, 1.82) is 0 Å². The molecule has 1 fully saturated rings. The number of ether oxygens (including phenoxy) is 1. The fraction of sp³-hybridized carbons (Fsp3) is 1.00. The minimum Gasteiger partial charge on any atom is -0.380 e. The predicted octanol–water partition coefficient (Wildman–Crippen LogP) is 2.14. The van der Waals surface area contributed by atoms with Crippen LogP contribution in [-0.2, 0) is 4.74 Å². The molecule has 1 aliphatic heterocycles. The van der Waals surface area contributed by atoms with Crippen molar-refractivity contribution < 1.29 is 4.74 Å². The largest absolute Gasteiger partial charge is 0.380 e. The van der Waals surface area contributed by atoms with Gasteiger partial charge in [0.25, 0.3) is 0 Å². The lowest BCUT2D eigenvalue weighted by Crippen LogP contribution is -2.38. The van der Waals surface area contributed by atoms with Crippen LogP contribution >= 0.6 is 0 Å². The summed E-state index contributed by atoms with van der Waals surface area (Å²) in [6.45, 7) is 6.81. The molecule has 2 atom stereocenters. The molecule has 0 radical (unpaired) electrons. The van der Waals surface area contributed by atoms with Crippen molar-refractivity contribution in [3.63, 3.8) is 0 Å². The molecule has 0 aliphatic carbocycles. The quantitative estimate of drug-likeness (QED) is 0.648. The molecule has 2 unspecified atom stereocenters. The second-order valence-corrected chi connectivity index (χ2v) is 3.28. The summed E-state index contributed by atoms with van der Waals surface area (Å²) in [5.41, 5.74) is 0. The molecular weight excluding hydrogens is 150 g/mol. The summed E-state index contributed by atoms with van der Waals surface area (Å²) in [6.07, 6.45) is 3.05. The fourth-order valence-corrected chi connectivity index (χ4v) is 1.93. The van der Waals surface area contributed by atoms with Gasteiger partial charge in [-0.2, -0.15) is 0 Å². The Morgan fingerprint density at radius 2 is 2.25 bits per heavy atom. The second-order valence-electron chi connectivity index (χ2n) is 3.28. The van der Waals surface area contributed by atoms with E-state index in [-0.39, 0.29) is 7.43 Å². The molecule has 12 heavy (non-hydrogen) atoms. The summed E-state index contributed by atoms with van der Waals surface area (Å²) in [5.74, 6) is 0. The van der Waals surface area contributed by atoms with E-state index in [0.29, 0.717) is 12.1 Å². The first kappa shape index (κ1) is 11.9. The highest BCUT2D eigenvalue weighted by molar-refractivity contribution is 4.82. The molecule has 0 N–H and O–H groups in total. The van der Waals surface area contributed by atoms with E-state index >= 15 is 0 Å². The van der Waals surface area contributed by atoms with Gasteiger partial charge in [-0.15, -0.1) is 0 Å². The van der Waals surface area contributed by atoms with E-state index in [0.717, 1.165) is 0 Å². The third-order valence-corrected chi connectivity index (χ3v) is 2.73. The summed E-state index contributed by atoms with van der Waals surface area (Å²) in [6, 6.07) is 0.671. The first-order valence-corrected chi connectivity index (χ1v) is 4.56. The third-order valence-electron chi connectivity index (χ3n) is 2.73. The highest BCUT2D eigenvalue weighted by atomic mass is 16.5. The fourth-order valence-electron chi connectivity index (χ4n) is 1.93. The third kappa shape index (κ3) is 2.46. The van der Waals surface area contributed by atoms with Crippen LogP contribution in [0.15, 0.2) is 0 Å². The van der Waals surface area contributed by atoms with E-state index in [4.69, 9.17) is 4.74 Å². The van der Waals surface area contributed by atoms with Gasteiger partial charge in [0.2, 0.25) is 0 Å². The van der Waals surface area contributed by atoms with Crippen molar-refractivity contribution in [2.75, 3.05) is 20.2 Å². The van der Waals surface area contributed by atoms with Crippen LogP contribution in [0.4, 0.5) is 0 Å². The zero-order chi connectivity index (χ0) is 8.27. The average Bonchev–Trinajstić information content (AvgIpc) is 2.50. The Labute approximate surface area is 76.9 Å². The summed E-state index contributed by atoms with van der Waals surface area (Å²) < 4.78 is 5.32. The highest BCUT2D eigenvalue weighted by Gasteiger charge is 2.27. The maximum Gasteiger partial charge on any atom is 0.0698 e. The lowest BCUT2D eigenvalue weighted by molar-refractivity contribution is 0.0459. The van der Waals surface area contributed by atoms with E-state index in [1.807, 2.05) is 0 Å². The van der Waals surface area contributed by atoms with Gasteiger partial charge in [0, 0.05) is 13.2 Å². The van der Waals surface area contributed by atoms with Crippen LogP contribution < -0.4 is 0 Å². The van der Waals surface area contributed by atoms with Gasteiger partial charge in [-0.1, -0.05) is 14.4 Å². The number of methoxy groups -OCH3 is 1. The molecule has 0 aromatic heterocycles. The van der Waals surface area contributed by atoms with Crippen LogP contribution in [0.1, 0.15) is 34.1 Å². The normalized spacial score (nSPS) is 26.8. The summed E-state index contributed by atoms with van der Waals surface area (Å²) >= 11 is 0. The average molecular weight is 173 g/mol. The van der Waals surface area contributed by atoms with Gasteiger partial charge < -0.3 is 4.74 Å². The number of likely N-dealkylation sites (tertiary alicyclic amines) is 1. The smallest absolute Gasteiger partial charge is 0.0698 e. The SMILES string of the molecule is C.CCN1CCCC1C(C)OC. The number of hydrogen-bond donors (Lipinski definition) is 0. The molecular formula is C10H23NO. The van der Waals surface area contributed by atoms with Crippen LogP contribution in [-0.4, -0.2) is 37.2 Å². The Balaban J connectivity index is 0.00000121. The Morgan fingerprint density at radius 1 is 1.58 bits per heavy atom. The van der Waals surface area contributed by atoms with Crippen molar-refractivity contribution in [3.05, 3.63) is 0 Å². The molecule has 1 heterocycles. The molecule has 1 rings (SSSR count). The molecule has 74 valence electrons. The standard InChI is InChI=1S/C9H19NO.CH4/c1-4-10-7-5-6-9(10)8(2)11-3;/h8-9H,4-7H2,1-3H3;1H4. The van der Waals surface area contributed by atoms with E-state index in [2.05, 4.69) is 18.7 Å². The number of rotatable bonds is 3.